The van der Waals surface area contributed by atoms with Gasteiger partial charge in [0.1, 0.15) is 6.10 Å². The van der Waals surface area contributed by atoms with Gasteiger partial charge in [0.15, 0.2) is 14.5 Å². The summed E-state index contributed by atoms with van der Waals surface area (Å²) < 4.78 is 32.1. The first kappa shape index (κ1) is 39.4. The number of halogens is 1. The van der Waals surface area contributed by atoms with Crippen molar-refractivity contribution in [2.24, 2.45) is 7.05 Å². The molecule has 0 aromatic carbocycles. The van der Waals surface area contributed by atoms with Gasteiger partial charge in [-0.1, -0.05) is 27.4 Å². The highest BCUT2D eigenvalue weighted by Crippen LogP contribution is 2.38. The summed E-state index contributed by atoms with van der Waals surface area (Å²) in [7, 11) is 2.15. The van der Waals surface area contributed by atoms with Crippen LogP contribution in [0.2, 0.25) is 18.1 Å². The molecular weight excluding hydrogens is 775 g/mol. The van der Waals surface area contributed by atoms with E-state index in [1.54, 1.807) is 0 Å². The maximum Gasteiger partial charge on any atom is 0.246 e. The third-order valence-corrected chi connectivity index (χ3v) is 15.7. The van der Waals surface area contributed by atoms with E-state index in [9.17, 15) is 0 Å². The van der Waals surface area contributed by atoms with Crippen molar-refractivity contribution in [3.63, 3.8) is 0 Å². The van der Waals surface area contributed by atoms with Gasteiger partial charge in [0.2, 0.25) is 11.8 Å². The van der Waals surface area contributed by atoms with Crippen LogP contribution in [0.3, 0.4) is 0 Å². The average molecular weight is 833 g/mol. The summed E-state index contributed by atoms with van der Waals surface area (Å²) in [4.78, 5) is 7.36. The van der Waals surface area contributed by atoms with Gasteiger partial charge in [-0.2, -0.15) is 10.2 Å². The van der Waals surface area contributed by atoms with Crippen LogP contribution < -0.4 is 9.47 Å². The molecule has 1 unspecified atom stereocenters. The van der Waals surface area contributed by atoms with Crippen molar-refractivity contribution in [3.05, 3.63) is 39.0 Å². The van der Waals surface area contributed by atoms with Crippen LogP contribution in [0.1, 0.15) is 82.9 Å². The summed E-state index contributed by atoms with van der Waals surface area (Å²) in [5, 5.41) is 15.7. The van der Waals surface area contributed by atoms with E-state index in [1.807, 2.05) is 43.3 Å². The molecule has 0 aliphatic carbocycles. The third kappa shape index (κ3) is 8.55. The maximum absolute atomic E-state index is 6.70. The fourth-order valence-electron chi connectivity index (χ4n) is 6.45. The van der Waals surface area contributed by atoms with Crippen LogP contribution in [-0.2, 0) is 29.3 Å². The molecule has 1 aliphatic rings. The minimum absolute atomic E-state index is 0.0959. The topological polar surface area (TPSA) is 107 Å². The van der Waals surface area contributed by atoms with E-state index in [0.29, 0.717) is 44.6 Å². The van der Waals surface area contributed by atoms with Gasteiger partial charge in [-0.15, -0.1) is 5.10 Å². The monoisotopic (exact) mass is 832 g/mol. The molecule has 1 aliphatic heterocycles. The van der Waals surface area contributed by atoms with Crippen LogP contribution in [0.25, 0.3) is 28.2 Å². The van der Waals surface area contributed by atoms with Crippen molar-refractivity contribution in [2.45, 2.75) is 111 Å². The number of hydrogen-bond donors (Lipinski definition) is 0. The standard InChI is InChI=1S/C37H57IN8O4Si/c1-13-28-27-21-29(39-26(5)34(27)46(41-28)31-17-15-16-19-48-31)32-25(4)40-44(10)36(32)50-24(3)22-43(9)23-30-33(38)35(47-14-2)42-45(30)18-20-49-51(11,12)37(6,7)8/h13,21,24,31H,1,14-20,22-23H2,2-12H3/t24-,31?/m0/s1. The number of pyridine rings is 1. The van der Waals surface area contributed by atoms with Crippen molar-refractivity contribution < 1.29 is 18.6 Å². The molecule has 1 saturated heterocycles. The van der Waals surface area contributed by atoms with Crippen LogP contribution in [0.4, 0.5) is 0 Å². The molecule has 0 N–H and O–H groups in total. The molecule has 2 atom stereocenters. The number of likely N-dealkylation sites (N-methyl/N-ethyl adjacent to an activating group) is 1. The molecule has 0 saturated carbocycles. The highest BCUT2D eigenvalue weighted by molar-refractivity contribution is 14.1. The molecule has 5 heterocycles. The summed E-state index contributed by atoms with van der Waals surface area (Å²) in [6.45, 7) is 27.5. The number of fused-ring (bicyclic) bond motifs is 1. The lowest BCUT2D eigenvalue weighted by Gasteiger charge is -2.36. The Morgan fingerprint density at radius 3 is 2.57 bits per heavy atom. The number of hydrogen-bond acceptors (Lipinski definition) is 9. The van der Waals surface area contributed by atoms with Gasteiger partial charge in [-0.25, -0.2) is 9.36 Å². The smallest absolute Gasteiger partial charge is 0.246 e. The molecule has 0 radical (unpaired) electrons. The molecule has 51 heavy (non-hydrogen) atoms. The summed E-state index contributed by atoms with van der Waals surface area (Å²) in [5.74, 6) is 1.35. The lowest BCUT2D eigenvalue weighted by Crippen LogP contribution is -2.41. The summed E-state index contributed by atoms with van der Waals surface area (Å²) in [5.41, 5.74) is 6.32. The minimum Gasteiger partial charge on any atom is -0.476 e. The van der Waals surface area contributed by atoms with Gasteiger partial charge < -0.3 is 18.6 Å². The lowest BCUT2D eigenvalue weighted by molar-refractivity contribution is -0.0368. The van der Waals surface area contributed by atoms with Crippen molar-refractivity contribution in [1.29, 1.82) is 0 Å². The predicted octanol–water partition coefficient (Wildman–Crippen LogP) is 7.91. The summed E-state index contributed by atoms with van der Waals surface area (Å²) in [6.07, 6.45) is 4.69. The molecule has 0 bridgehead atoms. The fraction of sp³-hybridized carbons (Fsp3) is 0.622. The Hall–Kier alpha value is -2.79. The lowest BCUT2D eigenvalue weighted by atomic mass is 10.1. The van der Waals surface area contributed by atoms with E-state index in [2.05, 4.69) is 92.7 Å². The van der Waals surface area contributed by atoms with Gasteiger partial charge >= 0.3 is 0 Å². The molecule has 4 aromatic heterocycles. The van der Waals surface area contributed by atoms with Gasteiger partial charge in [-0.05, 0) is 107 Å². The largest absolute Gasteiger partial charge is 0.476 e. The molecule has 12 nitrogen and oxygen atoms in total. The Morgan fingerprint density at radius 1 is 1.18 bits per heavy atom. The molecular formula is C37H57IN8O4Si. The first-order valence-electron chi connectivity index (χ1n) is 18.1. The molecule has 0 amide bonds. The molecule has 280 valence electrons. The van der Waals surface area contributed by atoms with Gasteiger partial charge in [0.05, 0.1) is 62.9 Å². The second-order valence-electron chi connectivity index (χ2n) is 15.2. The second-order valence-corrected chi connectivity index (χ2v) is 21.1. The van der Waals surface area contributed by atoms with Crippen LogP contribution in [-0.4, -0.2) is 87.1 Å². The maximum atomic E-state index is 6.70. The number of nitrogens with zero attached hydrogens (tertiary/aromatic N) is 8. The SMILES string of the molecule is C=Cc1nn(C2CCCCO2)c2c(C)nc(-c3c(C)nn(C)c3O[C@@H](C)CN(C)Cc3c(I)c(OCC)nn3CCO[Si](C)(C)C(C)(C)C)cc12. The van der Waals surface area contributed by atoms with E-state index in [4.69, 9.17) is 38.9 Å². The van der Waals surface area contributed by atoms with Gasteiger partial charge in [0, 0.05) is 32.1 Å². The average Bonchev–Trinajstić information content (AvgIpc) is 3.67. The van der Waals surface area contributed by atoms with Crippen molar-refractivity contribution in [3.8, 4) is 23.0 Å². The summed E-state index contributed by atoms with van der Waals surface area (Å²) in [6, 6.07) is 2.09. The molecule has 14 heteroatoms. The van der Waals surface area contributed by atoms with E-state index >= 15 is 0 Å². The number of ether oxygens (including phenoxy) is 3. The Morgan fingerprint density at radius 2 is 1.92 bits per heavy atom. The Balaban J connectivity index is 1.34. The van der Waals surface area contributed by atoms with Crippen LogP contribution in [0, 0.1) is 17.4 Å². The fourth-order valence-corrected chi connectivity index (χ4v) is 8.19. The summed E-state index contributed by atoms with van der Waals surface area (Å²) >= 11 is 2.36. The van der Waals surface area contributed by atoms with Crippen LogP contribution in [0.15, 0.2) is 12.6 Å². The molecule has 1 fully saturated rings. The quantitative estimate of drug-likeness (QED) is 0.0873. The van der Waals surface area contributed by atoms with E-state index in [-0.39, 0.29) is 17.4 Å². The minimum atomic E-state index is -1.88. The predicted molar refractivity (Wildman–Crippen MR) is 214 cm³/mol. The zero-order valence-electron chi connectivity index (χ0n) is 32.5. The first-order valence-corrected chi connectivity index (χ1v) is 22.1. The molecule has 0 spiro atoms. The molecule has 4 aromatic rings. The van der Waals surface area contributed by atoms with E-state index in [1.165, 1.54) is 0 Å². The zero-order chi connectivity index (χ0) is 37.2. The van der Waals surface area contributed by atoms with Crippen molar-refractivity contribution in [1.82, 2.24) is 39.2 Å². The third-order valence-electron chi connectivity index (χ3n) is 10.1. The van der Waals surface area contributed by atoms with Crippen LogP contribution >= 0.6 is 22.6 Å². The second kappa shape index (κ2) is 16.1. The number of rotatable bonds is 15. The van der Waals surface area contributed by atoms with E-state index < -0.39 is 8.32 Å². The number of aromatic nitrogens is 7. The van der Waals surface area contributed by atoms with E-state index in [0.717, 1.165) is 74.4 Å². The first-order chi connectivity index (χ1) is 24.1. The zero-order valence-corrected chi connectivity index (χ0v) is 35.6. The Labute approximate surface area is 318 Å². The van der Waals surface area contributed by atoms with Crippen molar-refractivity contribution in [2.75, 3.05) is 33.4 Å². The highest BCUT2D eigenvalue weighted by Gasteiger charge is 2.37. The van der Waals surface area contributed by atoms with Gasteiger partial charge in [-0.3, -0.25) is 14.6 Å². The van der Waals surface area contributed by atoms with Gasteiger partial charge in [0.25, 0.3) is 0 Å². The molecule has 5 rings (SSSR count). The Bertz CT molecular complexity index is 1840. The van der Waals surface area contributed by atoms with Crippen LogP contribution in [0.5, 0.6) is 11.8 Å². The number of aryl methyl sites for hydroxylation is 3. The Kier molecular flexibility index (Phi) is 12.4. The highest BCUT2D eigenvalue weighted by atomic mass is 127. The van der Waals surface area contributed by atoms with Crippen molar-refractivity contribution >= 4 is 47.9 Å². The normalized spacial score (nSPS) is 16.3.